The van der Waals surface area contributed by atoms with Crippen molar-refractivity contribution in [3.8, 4) is 0 Å². The second-order valence-electron chi connectivity index (χ2n) is 4.91. The minimum atomic E-state index is -4.47. The van der Waals surface area contributed by atoms with Gasteiger partial charge in [0.25, 0.3) is 0 Å². The van der Waals surface area contributed by atoms with Gasteiger partial charge in [0.15, 0.2) is 0 Å². The fourth-order valence-corrected chi connectivity index (χ4v) is 4.45. The molecule has 0 aromatic rings. The van der Waals surface area contributed by atoms with E-state index in [4.69, 9.17) is 3.07 Å². The Bertz CT molecular complexity index is 281. The molecule has 0 fully saturated rings. The summed E-state index contributed by atoms with van der Waals surface area (Å²) < 4.78 is 75.8. The molecule has 0 saturated heterocycles. The number of halogens is 5. The van der Waals surface area contributed by atoms with Crippen LogP contribution in [0.15, 0.2) is 0 Å². The van der Waals surface area contributed by atoms with Gasteiger partial charge in [-0.1, -0.05) is 0 Å². The van der Waals surface area contributed by atoms with Crippen LogP contribution in [-0.2, 0) is 6.15 Å². The molecule has 0 radical (unpaired) electrons. The van der Waals surface area contributed by atoms with Crippen LogP contribution in [0.2, 0.25) is 0 Å². The van der Waals surface area contributed by atoms with Crippen LogP contribution >= 0.6 is 0 Å². The number of alkyl halides is 5. The van der Waals surface area contributed by atoms with Crippen LogP contribution in [0.3, 0.4) is 0 Å². The standard InChI is InChI=1S/C9H19O.C4H4F5.O.Sn/c1-2-3-4-5-6-7-8-9-10;5-1-2(6)3(7)4(8)9;;/h2-9H2,1H3;1-4H;;/q-1;;;+1. The summed E-state index contributed by atoms with van der Waals surface area (Å²) in [4.78, 5) is 0. The summed E-state index contributed by atoms with van der Waals surface area (Å²) in [7, 11) is 0. The molecule has 0 aromatic heterocycles. The van der Waals surface area contributed by atoms with E-state index in [1.54, 1.807) is 0 Å². The molecule has 0 saturated carbocycles. The van der Waals surface area contributed by atoms with Crippen molar-refractivity contribution in [2.75, 3.05) is 6.61 Å². The van der Waals surface area contributed by atoms with Crippen molar-refractivity contribution in [1.82, 2.24) is 0 Å². The monoisotopic (exact) mass is 426 g/mol. The molecular formula is C13H23F5O2Sn. The second-order valence-corrected chi connectivity index (χ2v) is 9.13. The van der Waals surface area contributed by atoms with Crippen LogP contribution in [0.5, 0.6) is 0 Å². The molecule has 0 amide bonds. The van der Waals surface area contributed by atoms with E-state index in [0.717, 1.165) is 32.1 Å². The van der Waals surface area contributed by atoms with E-state index in [2.05, 4.69) is 6.92 Å². The molecule has 0 aliphatic rings. The fraction of sp³-hybridized carbons (Fsp3) is 1.00. The number of unbranched alkanes of at least 4 members (excludes halogenated alkanes) is 6. The van der Waals surface area contributed by atoms with Gasteiger partial charge < -0.3 is 0 Å². The first-order valence-electron chi connectivity index (χ1n) is 7.28. The molecule has 0 aromatic carbocycles. The van der Waals surface area contributed by atoms with E-state index in [0.29, 0.717) is 6.42 Å². The quantitative estimate of drug-likeness (QED) is 0.247. The molecule has 2 nitrogen and oxygen atoms in total. The van der Waals surface area contributed by atoms with Gasteiger partial charge in [-0.3, -0.25) is 0 Å². The van der Waals surface area contributed by atoms with Gasteiger partial charge in [-0.25, -0.2) is 0 Å². The Kier molecular flexibility index (Phi) is 12.8. The van der Waals surface area contributed by atoms with Crippen LogP contribution in [-0.4, -0.2) is 49.7 Å². The Labute approximate surface area is 130 Å². The van der Waals surface area contributed by atoms with Crippen LogP contribution < -0.4 is 0 Å². The first-order chi connectivity index (χ1) is 9.91. The van der Waals surface area contributed by atoms with Gasteiger partial charge in [0.05, 0.1) is 0 Å². The summed E-state index contributed by atoms with van der Waals surface area (Å²) in [6.07, 6.45) is -3.08. The third-order valence-corrected chi connectivity index (χ3v) is 6.63. The molecular weight excluding hydrogens is 402 g/mol. The van der Waals surface area contributed by atoms with E-state index in [1.807, 2.05) is 0 Å². The number of rotatable bonds is 13. The summed E-state index contributed by atoms with van der Waals surface area (Å²) >= 11 is -4.47. The molecule has 0 heterocycles. The molecule has 0 aliphatic heterocycles. The van der Waals surface area contributed by atoms with E-state index >= 15 is 0 Å². The first-order valence-corrected chi connectivity index (χ1v) is 11.3. The van der Waals surface area contributed by atoms with Crippen molar-refractivity contribution in [3.05, 3.63) is 0 Å². The molecule has 0 rings (SSSR count). The normalized spacial score (nSPS) is 16.0. The summed E-state index contributed by atoms with van der Waals surface area (Å²) in [5, 5.41) is 0. The van der Waals surface area contributed by atoms with Crippen molar-refractivity contribution in [2.24, 2.45) is 0 Å². The first kappa shape index (κ1) is 21.2. The molecule has 0 N–H and O–H groups in total. The van der Waals surface area contributed by atoms with Crippen molar-refractivity contribution in [2.45, 2.75) is 74.8 Å². The minimum absolute atomic E-state index is 0.00478. The average molecular weight is 425 g/mol. The number of hydrogen-bond acceptors (Lipinski definition) is 2. The SMILES string of the molecule is CCCCCCCCC[O][Sn](=[O])[CH](F)C(F)C(F)C(F)F. The zero-order valence-electron chi connectivity index (χ0n) is 12.2. The van der Waals surface area contributed by atoms with Crippen LogP contribution in [0.4, 0.5) is 22.0 Å². The van der Waals surface area contributed by atoms with E-state index in [9.17, 15) is 25.0 Å². The topological polar surface area (TPSA) is 26.3 Å². The Balaban J connectivity index is 3.74. The Morgan fingerprint density at radius 1 is 0.857 bits per heavy atom. The molecule has 3 atom stereocenters. The zero-order chi connectivity index (χ0) is 16.3. The molecule has 21 heavy (non-hydrogen) atoms. The summed E-state index contributed by atoms with van der Waals surface area (Å²) in [6, 6.07) is 0. The van der Waals surface area contributed by atoms with Crippen molar-refractivity contribution in [1.29, 1.82) is 0 Å². The zero-order valence-corrected chi connectivity index (χ0v) is 15.0. The van der Waals surface area contributed by atoms with E-state index in [-0.39, 0.29) is 6.61 Å². The molecule has 0 bridgehead atoms. The van der Waals surface area contributed by atoms with Gasteiger partial charge in [0.2, 0.25) is 0 Å². The Morgan fingerprint density at radius 2 is 1.38 bits per heavy atom. The summed E-state index contributed by atoms with van der Waals surface area (Å²) in [5.41, 5.74) is 0. The Hall–Kier alpha value is 0.209. The maximum atomic E-state index is 13.2. The summed E-state index contributed by atoms with van der Waals surface area (Å²) in [5.74, 6) is 0. The van der Waals surface area contributed by atoms with E-state index < -0.39 is 43.1 Å². The second kappa shape index (κ2) is 12.7. The van der Waals surface area contributed by atoms with Crippen molar-refractivity contribution < 1.29 is 28.1 Å². The predicted octanol–water partition coefficient (Wildman–Crippen LogP) is 4.49. The van der Waals surface area contributed by atoms with Gasteiger partial charge in [-0.05, 0) is 0 Å². The Morgan fingerprint density at radius 3 is 1.90 bits per heavy atom. The average Bonchev–Trinajstić information content (AvgIpc) is 2.47. The van der Waals surface area contributed by atoms with E-state index in [1.165, 1.54) is 6.42 Å². The van der Waals surface area contributed by atoms with Gasteiger partial charge in [0, 0.05) is 0 Å². The van der Waals surface area contributed by atoms with Gasteiger partial charge in [-0.2, -0.15) is 0 Å². The predicted molar refractivity (Wildman–Crippen MR) is 71.1 cm³/mol. The van der Waals surface area contributed by atoms with Crippen LogP contribution in [0, 0.1) is 0 Å². The molecule has 0 aliphatic carbocycles. The van der Waals surface area contributed by atoms with Gasteiger partial charge in [-0.15, -0.1) is 0 Å². The van der Waals surface area contributed by atoms with Gasteiger partial charge in [0.1, 0.15) is 0 Å². The number of hydrogen-bond donors (Lipinski definition) is 0. The van der Waals surface area contributed by atoms with Crippen LogP contribution in [0.25, 0.3) is 0 Å². The van der Waals surface area contributed by atoms with Gasteiger partial charge >= 0.3 is 130 Å². The summed E-state index contributed by atoms with van der Waals surface area (Å²) in [6.45, 7) is 2.11. The third kappa shape index (κ3) is 9.75. The molecule has 3 unspecified atom stereocenters. The van der Waals surface area contributed by atoms with Crippen LogP contribution in [0.1, 0.15) is 51.9 Å². The molecule has 0 spiro atoms. The fourth-order valence-electron chi connectivity index (χ4n) is 1.74. The van der Waals surface area contributed by atoms with Crippen molar-refractivity contribution >= 4 is 20.2 Å². The maximum absolute atomic E-state index is 13.2. The molecule has 8 heteroatoms. The molecule has 126 valence electrons. The third-order valence-electron chi connectivity index (χ3n) is 3.04. The van der Waals surface area contributed by atoms with Crippen molar-refractivity contribution in [3.63, 3.8) is 0 Å².